The molecule has 0 aliphatic carbocycles. The topological polar surface area (TPSA) is 54.0 Å². The highest BCUT2D eigenvalue weighted by molar-refractivity contribution is 8.00. The number of hydrogen-bond acceptors (Lipinski definition) is 4. The highest BCUT2D eigenvalue weighted by Crippen LogP contribution is 2.31. The molecular formula is C11H12N4S. The van der Waals surface area contributed by atoms with Crippen molar-refractivity contribution in [3.05, 3.63) is 24.2 Å². The average Bonchev–Trinajstić information content (AvgIpc) is 2.57. The molecule has 2 rings (SSSR count). The van der Waals surface area contributed by atoms with E-state index in [1.54, 1.807) is 22.5 Å². The summed E-state index contributed by atoms with van der Waals surface area (Å²) in [4.78, 5) is 5.30. The molecule has 2 heterocycles. The molecular weight excluding hydrogens is 220 g/mol. The predicted molar refractivity (Wildman–Crippen MR) is 63.3 cm³/mol. The number of nitriles is 1. The second-order valence-corrected chi connectivity index (χ2v) is 6.34. The second-order valence-electron chi connectivity index (χ2n) is 4.44. The van der Waals surface area contributed by atoms with Crippen LogP contribution < -0.4 is 0 Å². The van der Waals surface area contributed by atoms with Gasteiger partial charge in [0.1, 0.15) is 11.6 Å². The molecule has 0 aromatic carbocycles. The second kappa shape index (κ2) is 3.80. The zero-order valence-corrected chi connectivity index (χ0v) is 10.2. The van der Waals surface area contributed by atoms with Crippen LogP contribution in [-0.4, -0.2) is 19.3 Å². The highest BCUT2D eigenvalue weighted by atomic mass is 32.2. The fourth-order valence-electron chi connectivity index (χ4n) is 1.34. The van der Waals surface area contributed by atoms with Crippen LogP contribution in [0.4, 0.5) is 0 Å². The lowest BCUT2D eigenvalue weighted by Crippen LogP contribution is -2.07. The molecule has 0 saturated carbocycles. The molecule has 0 aliphatic heterocycles. The van der Waals surface area contributed by atoms with Crippen molar-refractivity contribution in [2.45, 2.75) is 30.4 Å². The van der Waals surface area contributed by atoms with Crippen molar-refractivity contribution in [1.29, 1.82) is 5.26 Å². The fourth-order valence-corrected chi connectivity index (χ4v) is 2.31. The molecule has 0 amide bonds. The minimum absolute atomic E-state index is 0.139. The predicted octanol–water partition coefficient (Wildman–Crippen LogP) is 2.49. The third kappa shape index (κ3) is 2.17. The van der Waals surface area contributed by atoms with Gasteiger partial charge in [-0.2, -0.15) is 10.4 Å². The summed E-state index contributed by atoms with van der Waals surface area (Å²) < 4.78 is 1.78. The molecule has 0 bridgehead atoms. The Morgan fingerprint density at radius 1 is 1.38 bits per heavy atom. The summed E-state index contributed by atoms with van der Waals surface area (Å²) in [7, 11) is 0. The molecule has 2 aromatic rings. The van der Waals surface area contributed by atoms with E-state index in [0.717, 1.165) is 4.90 Å². The Bertz CT molecular complexity index is 559. The van der Waals surface area contributed by atoms with Crippen LogP contribution >= 0.6 is 11.8 Å². The summed E-state index contributed by atoms with van der Waals surface area (Å²) in [6, 6.07) is 2.07. The highest BCUT2D eigenvalue weighted by Gasteiger charge is 2.13. The Morgan fingerprint density at radius 2 is 2.12 bits per heavy atom. The fraction of sp³-hybridized carbons (Fsp3) is 0.364. The molecule has 0 N–H and O–H groups in total. The van der Waals surface area contributed by atoms with E-state index < -0.39 is 0 Å². The summed E-state index contributed by atoms with van der Waals surface area (Å²) in [5.74, 6) is 0. The zero-order valence-electron chi connectivity index (χ0n) is 9.43. The summed E-state index contributed by atoms with van der Waals surface area (Å²) in [6.45, 7) is 6.43. The van der Waals surface area contributed by atoms with E-state index in [4.69, 9.17) is 5.26 Å². The van der Waals surface area contributed by atoms with Gasteiger partial charge < -0.3 is 0 Å². The van der Waals surface area contributed by atoms with Gasteiger partial charge >= 0.3 is 0 Å². The van der Waals surface area contributed by atoms with Crippen LogP contribution in [0.15, 0.2) is 23.5 Å². The molecule has 0 spiro atoms. The first-order valence-electron chi connectivity index (χ1n) is 4.92. The van der Waals surface area contributed by atoms with Gasteiger partial charge in [-0.05, 0) is 0 Å². The monoisotopic (exact) mass is 232 g/mol. The van der Waals surface area contributed by atoms with E-state index in [0.29, 0.717) is 11.2 Å². The van der Waals surface area contributed by atoms with Crippen LogP contribution in [-0.2, 0) is 0 Å². The van der Waals surface area contributed by atoms with E-state index in [-0.39, 0.29) is 4.75 Å². The van der Waals surface area contributed by atoms with Crippen molar-refractivity contribution in [3.8, 4) is 6.07 Å². The third-order valence-corrected chi connectivity index (χ3v) is 2.94. The quantitative estimate of drug-likeness (QED) is 0.709. The van der Waals surface area contributed by atoms with Crippen LogP contribution in [0.5, 0.6) is 0 Å². The Kier molecular flexibility index (Phi) is 2.60. The first-order chi connectivity index (χ1) is 7.49. The lowest BCUT2D eigenvalue weighted by molar-refractivity contribution is 0.799. The molecule has 16 heavy (non-hydrogen) atoms. The van der Waals surface area contributed by atoms with Crippen molar-refractivity contribution in [1.82, 2.24) is 14.6 Å². The van der Waals surface area contributed by atoms with Crippen molar-refractivity contribution in [2.75, 3.05) is 0 Å². The molecule has 0 radical (unpaired) electrons. The lowest BCUT2D eigenvalue weighted by Gasteiger charge is -2.16. The van der Waals surface area contributed by atoms with Crippen molar-refractivity contribution >= 4 is 17.4 Å². The number of aromatic nitrogens is 3. The van der Waals surface area contributed by atoms with Gasteiger partial charge in [-0.3, -0.25) is 0 Å². The van der Waals surface area contributed by atoms with Crippen molar-refractivity contribution in [2.24, 2.45) is 0 Å². The van der Waals surface area contributed by atoms with Crippen molar-refractivity contribution in [3.63, 3.8) is 0 Å². The maximum atomic E-state index is 8.83. The van der Waals surface area contributed by atoms with E-state index in [1.165, 1.54) is 6.20 Å². The van der Waals surface area contributed by atoms with Crippen molar-refractivity contribution < 1.29 is 0 Å². The Morgan fingerprint density at radius 3 is 2.75 bits per heavy atom. The van der Waals surface area contributed by atoms with Gasteiger partial charge in [0, 0.05) is 22.0 Å². The maximum Gasteiger partial charge on any atom is 0.172 e. The first kappa shape index (κ1) is 11.0. The van der Waals surface area contributed by atoms with Gasteiger partial charge in [0.2, 0.25) is 0 Å². The van der Waals surface area contributed by atoms with Crippen LogP contribution in [0.3, 0.4) is 0 Å². The summed E-state index contributed by atoms with van der Waals surface area (Å²) in [5.41, 5.74) is 1.12. The number of nitrogens with zero attached hydrogens (tertiary/aromatic N) is 4. The number of rotatable bonds is 1. The van der Waals surface area contributed by atoms with Gasteiger partial charge in [-0.25, -0.2) is 9.50 Å². The minimum Gasteiger partial charge on any atom is -0.235 e. The van der Waals surface area contributed by atoms with Gasteiger partial charge in [0.15, 0.2) is 5.65 Å². The lowest BCUT2D eigenvalue weighted by atomic mass is 10.3. The van der Waals surface area contributed by atoms with E-state index in [9.17, 15) is 0 Å². The van der Waals surface area contributed by atoms with Gasteiger partial charge in [-0.1, -0.05) is 20.8 Å². The molecule has 0 saturated heterocycles. The molecule has 2 aromatic heterocycles. The van der Waals surface area contributed by atoms with Gasteiger partial charge in [0.25, 0.3) is 0 Å². The van der Waals surface area contributed by atoms with Crippen LogP contribution in [0.25, 0.3) is 5.65 Å². The van der Waals surface area contributed by atoms with E-state index in [2.05, 4.69) is 36.9 Å². The van der Waals surface area contributed by atoms with Crippen LogP contribution in [0.2, 0.25) is 0 Å². The number of fused-ring (bicyclic) bond motifs is 1. The Labute approximate surface area is 98.3 Å². The zero-order chi connectivity index (χ0) is 11.8. The van der Waals surface area contributed by atoms with Gasteiger partial charge in [-0.15, -0.1) is 11.8 Å². The smallest absolute Gasteiger partial charge is 0.172 e. The molecule has 4 nitrogen and oxygen atoms in total. The molecule has 0 fully saturated rings. The summed E-state index contributed by atoms with van der Waals surface area (Å²) >= 11 is 1.73. The summed E-state index contributed by atoms with van der Waals surface area (Å²) in [6.07, 6.45) is 5.22. The standard InChI is InChI=1S/C11H12N4S/c1-11(2,3)16-9-6-13-10-8(4-12)5-14-15(10)7-9/h5-7H,1-3H3. The maximum absolute atomic E-state index is 8.83. The Hall–Kier alpha value is -1.54. The molecule has 82 valence electrons. The van der Waals surface area contributed by atoms with Crippen LogP contribution in [0, 0.1) is 11.3 Å². The molecule has 5 heteroatoms. The number of hydrogen-bond donors (Lipinski definition) is 0. The largest absolute Gasteiger partial charge is 0.235 e. The first-order valence-corrected chi connectivity index (χ1v) is 5.74. The number of thioether (sulfide) groups is 1. The Balaban J connectivity index is 2.43. The van der Waals surface area contributed by atoms with Crippen LogP contribution in [0.1, 0.15) is 26.3 Å². The summed E-state index contributed by atoms with van der Waals surface area (Å²) in [5, 5.41) is 12.9. The molecule has 0 aliphatic rings. The SMILES string of the molecule is CC(C)(C)Sc1cnc2c(C#N)cnn2c1. The normalized spacial score (nSPS) is 11.6. The van der Waals surface area contributed by atoms with E-state index >= 15 is 0 Å². The van der Waals surface area contributed by atoms with Gasteiger partial charge in [0.05, 0.1) is 6.20 Å². The minimum atomic E-state index is 0.139. The molecule has 0 atom stereocenters. The molecule has 0 unspecified atom stereocenters. The average molecular weight is 232 g/mol. The van der Waals surface area contributed by atoms with E-state index in [1.807, 2.05) is 6.20 Å². The third-order valence-electron chi connectivity index (χ3n) is 1.88.